The Kier molecular flexibility index (Phi) is 4.31. The topological polar surface area (TPSA) is 33.0 Å². The van der Waals surface area contributed by atoms with Gasteiger partial charge in [-0.25, -0.2) is 0 Å². The minimum absolute atomic E-state index is 0.186. The van der Waals surface area contributed by atoms with Gasteiger partial charge in [0.15, 0.2) is 6.20 Å². The molecule has 0 aliphatic carbocycles. The predicted molar refractivity (Wildman–Crippen MR) is 76.2 cm³/mol. The first-order chi connectivity index (χ1) is 9.15. The van der Waals surface area contributed by atoms with Gasteiger partial charge in [-0.1, -0.05) is 28.4 Å². The Labute approximate surface area is 117 Å². The van der Waals surface area contributed by atoms with Crippen LogP contribution >= 0.6 is 11.6 Å². The summed E-state index contributed by atoms with van der Waals surface area (Å²) in [5.74, 6) is -0.186. The molecule has 0 spiro atoms. The maximum Gasteiger partial charge on any atom is 0.298 e. The summed E-state index contributed by atoms with van der Waals surface area (Å²) in [5.41, 5.74) is 4.64. The highest BCUT2D eigenvalue weighted by molar-refractivity contribution is 6.30. The van der Waals surface area contributed by atoms with E-state index in [0.29, 0.717) is 5.02 Å². The van der Waals surface area contributed by atoms with Gasteiger partial charge in [-0.2, -0.15) is 0 Å². The van der Waals surface area contributed by atoms with E-state index in [1.807, 2.05) is 37.3 Å². The van der Waals surface area contributed by atoms with Crippen molar-refractivity contribution >= 4 is 23.6 Å². The molecule has 2 aromatic rings. The maximum atomic E-state index is 11.8. The zero-order chi connectivity index (χ0) is 13.7. The van der Waals surface area contributed by atoms with E-state index in [2.05, 4.69) is 5.43 Å². The van der Waals surface area contributed by atoms with Crippen LogP contribution in [0.2, 0.25) is 5.02 Å². The average molecular weight is 274 g/mol. The van der Waals surface area contributed by atoms with E-state index < -0.39 is 0 Å². The minimum atomic E-state index is -0.186. The normalized spacial score (nSPS) is 10.6. The molecule has 3 nitrogen and oxygen atoms in total. The number of amides is 1. The van der Waals surface area contributed by atoms with E-state index in [1.54, 1.807) is 29.1 Å². The van der Waals surface area contributed by atoms with E-state index in [4.69, 9.17) is 11.6 Å². The van der Waals surface area contributed by atoms with E-state index in [1.165, 1.54) is 6.08 Å². The lowest BCUT2D eigenvalue weighted by molar-refractivity contribution is -0.648. The van der Waals surface area contributed by atoms with Gasteiger partial charge in [0.2, 0.25) is 5.69 Å². The van der Waals surface area contributed by atoms with Crippen molar-refractivity contribution in [3.05, 3.63) is 71.0 Å². The first-order valence-electron chi connectivity index (χ1n) is 5.87. The van der Waals surface area contributed by atoms with Gasteiger partial charge in [-0.3, -0.25) is 4.79 Å². The number of hydrogen-bond acceptors (Lipinski definition) is 1. The summed E-state index contributed by atoms with van der Waals surface area (Å²) in [7, 11) is 0. The number of benzene rings is 1. The molecule has 4 heteroatoms. The van der Waals surface area contributed by atoms with Gasteiger partial charge in [-0.15, -0.1) is 5.43 Å². The van der Waals surface area contributed by atoms with Crippen LogP contribution in [0.3, 0.4) is 0 Å². The standard InChI is InChI=1S/C15H13ClN2O/c1-12-4-2-3-11-18(12)17-15(19)10-7-13-5-8-14(16)9-6-13/h2-11H,1H3/p+1. The lowest BCUT2D eigenvalue weighted by Gasteiger charge is -1.98. The fourth-order valence-corrected chi connectivity index (χ4v) is 1.68. The molecule has 19 heavy (non-hydrogen) atoms. The molecule has 0 saturated carbocycles. The van der Waals surface area contributed by atoms with Gasteiger partial charge < -0.3 is 0 Å². The third-order valence-corrected chi connectivity index (χ3v) is 2.84. The highest BCUT2D eigenvalue weighted by atomic mass is 35.5. The van der Waals surface area contributed by atoms with Crippen molar-refractivity contribution in [2.24, 2.45) is 0 Å². The molecule has 0 radical (unpaired) electrons. The van der Waals surface area contributed by atoms with E-state index in [-0.39, 0.29) is 5.91 Å². The van der Waals surface area contributed by atoms with Crippen LogP contribution in [0.1, 0.15) is 11.3 Å². The van der Waals surface area contributed by atoms with E-state index >= 15 is 0 Å². The summed E-state index contributed by atoms with van der Waals surface area (Å²) in [6, 6.07) is 13.0. The molecule has 0 aliphatic rings. The monoisotopic (exact) mass is 273 g/mol. The van der Waals surface area contributed by atoms with Crippen molar-refractivity contribution in [2.45, 2.75) is 6.92 Å². The van der Waals surface area contributed by atoms with Gasteiger partial charge >= 0.3 is 0 Å². The molecular formula is C15H14ClN2O+. The number of hydrogen-bond donors (Lipinski definition) is 1. The summed E-state index contributed by atoms with van der Waals surface area (Å²) in [6.07, 6.45) is 5.02. The van der Waals surface area contributed by atoms with E-state index in [9.17, 15) is 4.79 Å². The second-order valence-corrected chi connectivity index (χ2v) is 4.51. The number of rotatable bonds is 3. The van der Waals surface area contributed by atoms with Crippen LogP contribution in [0.5, 0.6) is 0 Å². The Morgan fingerprint density at radius 3 is 2.63 bits per heavy atom. The molecule has 1 aromatic heterocycles. The van der Waals surface area contributed by atoms with Crippen molar-refractivity contribution in [1.29, 1.82) is 0 Å². The largest absolute Gasteiger partial charge is 0.298 e. The Morgan fingerprint density at radius 1 is 1.21 bits per heavy atom. The smallest absolute Gasteiger partial charge is 0.264 e. The van der Waals surface area contributed by atoms with Gasteiger partial charge in [-0.05, 0) is 29.8 Å². The molecule has 0 unspecified atom stereocenters. The second kappa shape index (κ2) is 6.16. The molecule has 0 atom stereocenters. The van der Waals surface area contributed by atoms with Crippen LogP contribution in [0, 0.1) is 6.92 Å². The number of nitrogens with zero attached hydrogens (tertiary/aromatic N) is 1. The Balaban J connectivity index is 2.02. The summed E-state index contributed by atoms with van der Waals surface area (Å²) in [5, 5.41) is 0.678. The van der Waals surface area contributed by atoms with Crippen LogP contribution in [0.15, 0.2) is 54.7 Å². The fourth-order valence-electron chi connectivity index (χ4n) is 1.56. The quantitative estimate of drug-likeness (QED) is 0.677. The fraction of sp³-hybridized carbons (Fsp3) is 0.0667. The zero-order valence-corrected chi connectivity index (χ0v) is 11.3. The molecule has 1 aromatic carbocycles. The summed E-state index contributed by atoms with van der Waals surface area (Å²) < 4.78 is 1.68. The molecule has 96 valence electrons. The SMILES string of the molecule is Cc1cccc[n+]1NC(=O)C=Cc1ccc(Cl)cc1. The molecule has 0 bridgehead atoms. The molecule has 1 heterocycles. The van der Waals surface area contributed by atoms with Crippen LogP contribution in [-0.4, -0.2) is 5.91 Å². The van der Waals surface area contributed by atoms with Crippen molar-refractivity contribution in [3.8, 4) is 0 Å². The lowest BCUT2D eigenvalue weighted by atomic mass is 10.2. The molecule has 1 N–H and O–H groups in total. The summed E-state index contributed by atoms with van der Waals surface area (Å²) >= 11 is 5.79. The number of aromatic nitrogens is 1. The van der Waals surface area contributed by atoms with Crippen molar-refractivity contribution in [2.75, 3.05) is 5.43 Å². The molecular weight excluding hydrogens is 260 g/mol. The Bertz CT molecular complexity index is 606. The second-order valence-electron chi connectivity index (χ2n) is 4.07. The number of carbonyl (C=O) groups excluding carboxylic acids is 1. The van der Waals surface area contributed by atoms with Crippen LogP contribution < -0.4 is 10.1 Å². The Morgan fingerprint density at radius 2 is 1.95 bits per heavy atom. The number of nitrogens with one attached hydrogen (secondary N) is 1. The lowest BCUT2D eigenvalue weighted by Crippen LogP contribution is -2.49. The average Bonchev–Trinajstić information content (AvgIpc) is 2.41. The predicted octanol–water partition coefficient (Wildman–Crippen LogP) is 2.72. The van der Waals surface area contributed by atoms with Gasteiger partial charge in [0, 0.05) is 30.2 Å². The highest BCUT2D eigenvalue weighted by Gasteiger charge is 2.06. The van der Waals surface area contributed by atoms with Crippen LogP contribution in [0.4, 0.5) is 0 Å². The molecule has 2 rings (SSSR count). The number of carbonyl (C=O) groups is 1. The van der Waals surface area contributed by atoms with Crippen molar-refractivity contribution in [1.82, 2.24) is 0 Å². The molecule has 0 aliphatic heterocycles. The zero-order valence-electron chi connectivity index (χ0n) is 10.5. The molecule has 0 saturated heterocycles. The number of halogens is 1. The first kappa shape index (κ1) is 13.3. The van der Waals surface area contributed by atoms with Gasteiger partial charge in [0.05, 0.1) is 0 Å². The number of aryl methyl sites for hydroxylation is 1. The third-order valence-electron chi connectivity index (χ3n) is 2.59. The first-order valence-corrected chi connectivity index (χ1v) is 6.25. The Hall–Kier alpha value is -2.13. The van der Waals surface area contributed by atoms with Crippen molar-refractivity contribution < 1.29 is 9.47 Å². The third kappa shape index (κ3) is 3.93. The summed E-state index contributed by atoms with van der Waals surface area (Å²) in [4.78, 5) is 11.8. The van der Waals surface area contributed by atoms with Gasteiger partial charge in [0.25, 0.3) is 5.91 Å². The number of pyridine rings is 1. The van der Waals surface area contributed by atoms with Gasteiger partial charge in [0.1, 0.15) is 0 Å². The minimum Gasteiger partial charge on any atom is -0.264 e. The van der Waals surface area contributed by atoms with Crippen LogP contribution in [0.25, 0.3) is 6.08 Å². The molecule has 0 fully saturated rings. The van der Waals surface area contributed by atoms with Crippen molar-refractivity contribution in [3.63, 3.8) is 0 Å². The van der Waals surface area contributed by atoms with E-state index in [0.717, 1.165) is 11.3 Å². The van der Waals surface area contributed by atoms with Crippen LogP contribution in [-0.2, 0) is 4.79 Å². The maximum absolute atomic E-state index is 11.8. The summed E-state index contributed by atoms with van der Waals surface area (Å²) in [6.45, 7) is 1.92. The highest BCUT2D eigenvalue weighted by Crippen LogP contribution is 2.10. The molecule has 1 amide bonds.